The van der Waals surface area contributed by atoms with Crippen molar-refractivity contribution in [2.45, 2.75) is 26.4 Å². The molecule has 0 atom stereocenters. The van der Waals surface area contributed by atoms with Gasteiger partial charge in [-0.1, -0.05) is 6.07 Å². The van der Waals surface area contributed by atoms with Crippen LogP contribution in [0.25, 0.3) is 0 Å². The standard InChI is InChI=1S/C11H14N2O3/c1-11(2,3)16-10(15)9(14)13-8-6-4-5-7-12-8/h4-7H,1-3H3,(H,12,13,14). The summed E-state index contributed by atoms with van der Waals surface area (Å²) in [6.45, 7) is 5.08. The van der Waals surface area contributed by atoms with E-state index in [1.807, 2.05) is 0 Å². The minimum absolute atomic E-state index is 0.318. The van der Waals surface area contributed by atoms with E-state index in [1.165, 1.54) is 6.20 Å². The van der Waals surface area contributed by atoms with Crippen molar-refractivity contribution in [3.8, 4) is 0 Å². The number of carbonyl (C=O) groups excluding carboxylic acids is 2. The van der Waals surface area contributed by atoms with Crippen molar-refractivity contribution >= 4 is 17.7 Å². The SMILES string of the molecule is CC(C)(C)OC(=O)C(=O)Nc1ccccn1. The molecule has 1 aromatic rings. The monoisotopic (exact) mass is 222 g/mol. The van der Waals surface area contributed by atoms with E-state index >= 15 is 0 Å². The molecular formula is C11H14N2O3. The highest BCUT2D eigenvalue weighted by molar-refractivity contribution is 6.37. The molecule has 86 valence electrons. The summed E-state index contributed by atoms with van der Waals surface area (Å²) >= 11 is 0. The Bertz CT molecular complexity index is 382. The van der Waals surface area contributed by atoms with E-state index in [9.17, 15) is 9.59 Å². The molecule has 5 nitrogen and oxygen atoms in total. The van der Waals surface area contributed by atoms with Crippen LogP contribution in [0.5, 0.6) is 0 Å². The number of ether oxygens (including phenoxy) is 1. The highest BCUT2D eigenvalue weighted by Crippen LogP contribution is 2.08. The van der Waals surface area contributed by atoms with Gasteiger partial charge >= 0.3 is 11.9 Å². The minimum atomic E-state index is -0.918. The van der Waals surface area contributed by atoms with Crippen molar-refractivity contribution in [1.82, 2.24) is 4.98 Å². The Hall–Kier alpha value is -1.91. The quantitative estimate of drug-likeness (QED) is 0.575. The average molecular weight is 222 g/mol. The van der Waals surface area contributed by atoms with Gasteiger partial charge in [0.2, 0.25) is 0 Å². The normalized spacial score (nSPS) is 10.7. The number of hydrogen-bond donors (Lipinski definition) is 1. The lowest BCUT2D eigenvalue weighted by Gasteiger charge is -2.18. The van der Waals surface area contributed by atoms with Gasteiger partial charge in [0.05, 0.1) is 0 Å². The number of hydrogen-bond acceptors (Lipinski definition) is 4. The van der Waals surface area contributed by atoms with Gasteiger partial charge in [0.15, 0.2) is 0 Å². The first kappa shape index (κ1) is 12.2. The van der Waals surface area contributed by atoms with Crippen molar-refractivity contribution in [3.05, 3.63) is 24.4 Å². The predicted molar refractivity (Wildman–Crippen MR) is 58.7 cm³/mol. The number of amides is 1. The van der Waals surface area contributed by atoms with Gasteiger partial charge in [-0.25, -0.2) is 9.78 Å². The van der Waals surface area contributed by atoms with E-state index in [4.69, 9.17) is 4.74 Å². The highest BCUT2D eigenvalue weighted by atomic mass is 16.6. The maximum absolute atomic E-state index is 11.4. The molecule has 16 heavy (non-hydrogen) atoms. The summed E-state index contributed by atoms with van der Waals surface area (Å²) in [5.74, 6) is -1.43. The van der Waals surface area contributed by atoms with Gasteiger partial charge < -0.3 is 10.1 Å². The number of anilines is 1. The number of carbonyl (C=O) groups is 2. The van der Waals surface area contributed by atoms with Crippen LogP contribution in [0.3, 0.4) is 0 Å². The number of esters is 1. The molecule has 5 heteroatoms. The molecule has 0 aliphatic heterocycles. The molecular weight excluding hydrogens is 208 g/mol. The summed E-state index contributed by atoms with van der Waals surface area (Å²) in [6.07, 6.45) is 1.52. The molecule has 0 aliphatic rings. The summed E-state index contributed by atoms with van der Waals surface area (Å²) < 4.78 is 4.89. The zero-order chi connectivity index (χ0) is 12.2. The van der Waals surface area contributed by atoms with Crippen molar-refractivity contribution in [2.24, 2.45) is 0 Å². The summed E-state index contributed by atoms with van der Waals surface area (Å²) in [7, 11) is 0. The number of nitrogens with one attached hydrogen (secondary N) is 1. The summed E-state index contributed by atoms with van der Waals surface area (Å²) in [4.78, 5) is 26.5. The fraction of sp³-hybridized carbons (Fsp3) is 0.364. The lowest BCUT2D eigenvalue weighted by atomic mass is 10.2. The first-order chi connectivity index (χ1) is 7.38. The lowest BCUT2D eigenvalue weighted by molar-refractivity contribution is -0.161. The van der Waals surface area contributed by atoms with Crippen LogP contribution in [-0.4, -0.2) is 22.5 Å². The summed E-state index contributed by atoms with van der Waals surface area (Å²) in [5.41, 5.74) is -0.682. The Morgan fingerprint density at radius 3 is 2.50 bits per heavy atom. The Labute approximate surface area is 93.8 Å². The van der Waals surface area contributed by atoms with Crippen molar-refractivity contribution in [1.29, 1.82) is 0 Å². The third-order valence-electron chi connectivity index (χ3n) is 1.49. The average Bonchev–Trinajstić information content (AvgIpc) is 2.16. The van der Waals surface area contributed by atoms with Crippen LogP contribution in [-0.2, 0) is 14.3 Å². The van der Waals surface area contributed by atoms with Gasteiger partial charge in [0.25, 0.3) is 0 Å². The second kappa shape index (κ2) is 4.74. The topological polar surface area (TPSA) is 68.3 Å². The third kappa shape index (κ3) is 4.08. The molecule has 0 bridgehead atoms. The second-order valence-corrected chi connectivity index (χ2v) is 4.17. The minimum Gasteiger partial charge on any atom is -0.453 e. The van der Waals surface area contributed by atoms with Crippen LogP contribution < -0.4 is 5.32 Å². The molecule has 1 aromatic heterocycles. The van der Waals surface area contributed by atoms with E-state index in [-0.39, 0.29) is 0 Å². The van der Waals surface area contributed by atoms with Crippen molar-refractivity contribution in [2.75, 3.05) is 5.32 Å². The van der Waals surface area contributed by atoms with Crippen LogP contribution in [0.15, 0.2) is 24.4 Å². The third-order valence-corrected chi connectivity index (χ3v) is 1.49. The van der Waals surface area contributed by atoms with Gasteiger partial charge in [-0.2, -0.15) is 0 Å². The van der Waals surface area contributed by atoms with E-state index < -0.39 is 17.5 Å². The zero-order valence-electron chi connectivity index (χ0n) is 9.48. The van der Waals surface area contributed by atoms with E-state index in [0.29, 0.717) is 5.82 Å². The van der Waals surface area contributed by atoms with E-state index in [2.05, 4.69) is 10.3 Å². The second-order valence-electron chi connectivity index (χ2n) is 4.17. The highest BCUT2D eigenvalue weighted by Gasteiger charge is 2.22. The predicted octanol–water partition coefficient (Wildman–Crippen LogP) is 1.36. The molecule has 0 spiro atoms. The van der Waals surface area contributed by atoms with Crippen LogP contribution in [0.1, 0.15) is 20.8 Å². The molecule has 1 rings (SSSR count). The van der Waals surface area contributed by atoms with Gasteiger partial charge in [-0.05, 0) is 32.9 Å². The van der Waals surface area contributed by atoms with E-state index in [0.717, 1.165) is 0 Å². The molecule has 1 N–H and O–H groups in total. The number of nitrogens with zero attached hydrogens (tertiary/aromatic N) is 1. The van der Waals surface area contributed by atoms with Crippen LogP contribution >= 0.6 is 0 Å². The fourth-order valence-corrected chi connectivity index (χ4v) is 0.928. The zero-order valence-corrected chi connectivity index (χ0v) is 9.48. The number of aromatic nitrogens is 1. The first-order valence-electron chi connectivity index (χ1n) is 4.84. The maximum atomic E-state index is 11.4. The Morgan fingerprint density at radius 2 is 2.00 bits per heavy atom. The largest absolute Gasteiger partial charge is 0.453 e. The van der Waals surface area contributed by atoms with E-state index in [1.54, 1.807) is 39.0 Å². The smallest absolute Gasteiger partial charge is 0.397 e. The van der Waals surface area contributed by atoms with Crippen molar-refractivity contribution < 1.29 is 14.3 Å². The van der Waals surface area contributed by atoms with Gasteiger partial charge in [0.1, 0.15) is 11.4 Å². The van der Waals surface area contributed by atoms with Gasteiger partial charge in [-0.15, -0.1) is 0 Å². The molecule has 1 heterocycles. The number of rotatable bonds is 1. The number of pyridine rings is 1. The maximum Gasteiger partial charge on any atom is 0.397 e. The molecule has 0 unspecified atom stereocenters. The van der Waals surface area contributed by atoms with Gasteiger partial charge in [-0.3, -0.25) is 4.79 Å². The Balaban J connectivity index is 2.57. The Morgan fingerprint density at radius 1 is 1.31 bits per heavy atom. The molecule has 1 amide bonds. The summed E-state index contributed by atoms with van der Waals surface area (Å²) in [5, 5.41) is 2.34. The first-order valence-corrected chi connectivity index (χ1v) is 4.84. The van der Waals surface area contributed by atoms with Crippen LogP contribution in [0, 0.1) is 0 Å². The van der Waals surface area contributed by atoms with Gasteiger partial charge in [0, 0.05) is 6.20 Å². The molecule has 0 radical (unpaired) electrons. The Kier molecular flexibility index (Phi) is 3.60. The molecule has 0 aliphatic carbocycles. The molecule has 0 fully saturated rings. The fourth-order valence-electron chi connectivity index (χ4n) is 0.928. The van der Waals surface area contributed by atoms with Crippen LogP contribution in [0.2, 0.25) is 0 Å². The molecule has 0 saturated carbocycles. The molecule has 0 aromatic carbocycles. The van der Waals surface area contributed by atoms with Crippen LogP contribution in [0.4, 0.5) is 5.82 Å². The summed E-state index contributed by atoms with van der Waals surface area (Å²) in [6, 6.07) is 5.00. The van der Waals surface area contributed by atoms with Crippen molar-refractivity contribution in [3.63, 3.8) is 0 Å². The molecule has 0 saturated heterocycles. The lowest BCUT2D eigenvalue weighted by Crippen LogP contribution is -2.32.